The number of halogens is 2. The number of aliphatic imine (C=N–C) groups is 1. The van der Waals surface area contributed by atoms with Gasteiger partial charge in [-0.2, -0.15) is 0 Å². The van der Waals surface area contributed by atoms with E-state index in [9.17, 15) is 13.6 Å². The van der Waals surface area contributed by atoms with Crippen LogP contribution in [0.15, 0.2) is 23.2 Å². The lowest BCUT2D eigenvalue weighted by Crippen LogP contribution is -2.45. The SMILES string of the molecule is CN(C)C(=O)CN=C(NCCc1cc(F)ccc1F)NC1CCCCC1. The Hall–Kier alpha value is -2.18. The van der Waals surface area contributed by atoms with Crippen molar-refractivity contribution >= 4 is 11.9 Å². The summed E-state index contributed by atoms with van der Waals surface area (Å²) in [6.07, 6.45) is 6.07. The summed E-state index contributed by atoms with van der Waals surface area (Å²) in [6.45, 7) is 0.443. The lowest BCUT2D eigenvalue weighted by atomic mass is 9.96. The molecule has 0 atom stereocenters. The zero-order valence-corrected chi connectivity index (χ0v) is 15.5. The lowest BCUT2D eigenvalue weighted by Gasteiger charge is -2.25. The standard InChI is InChI=1S/C19H28F2N4O/c1-25(2)18(26)13-23-19(24-16-6-4-3-5-7-16)22-11-10-14-12-15(20)8-9-17(14)21/h8-9,12,16H,3-7,10-11,13H2,1-2H3,(H2,22,23,24). The van der Waals surface area contributed by atoms with Crippen molar-refractivity contribution in [3.63, 3.8) is 0 Å². The van der Waals surface area contributed by atoms with E-state index in [0.29, 0.717) is 30.5 Å². The molecule has 1 aromatic carbocycles. The Balaban J connectivity index is 1.94. The normalized spacial score (nSPS) is 15.6. The zero-order chi connectivity index (χ0) is 18.9. The monoisotopic (exact) mass is 366 g/mol. The van der Waals surface area contributed by atoms with Gasteiger partial charge in [-0.1, -0.05) is 19.3 Å². The van der Waals surface area contributed by atoms with E-state index in [1.54, 1.807) is 14.1 Å². The molecule has 0 spiro atoms. The van der Waals surface area contributed by atoms with E-state index in [1.165, 1.54) is 30.2 Å². The molecule has 0 radical (unpaired) electrons. The molecule has 0 unspecified atom stereocenters. The summed E-state index contributed by atoms with van der Waals surface area (Å²) in [4.78, 5) is 17.6. The van der Waals surface area contributed by atoms with Crippen molar-refractivity contribution in [2.75, 3.05) is 27.2 Å². The highest BCUT2D eigenvalue weighted by Gasteiger charge is 2.15. The Morgan fingerprint density at radius 3 is 2.65 bits per heavy atom. The van der Waals surface area contributed by atoms with Crippen LogP contribution in [0.25, 0.3) is 0 Å². The van der Waals surface area contributed by atoms with E-state index in [4.69, 9.17) is 0 Å². The van der Waals surface area contributed by atoms with Crippen LogP contribution in [-0.4, -0.2) is 50.0 Å². The Morgan fingerprint density at radius 1 is 1.23 bits per heavy atom. The molecule has 0 saturated heterocycles. The number of nitrogens with zero attached hydrogens (tertiary/aromatic N) is 2. The van der Waals surface area contributed by atoms with Gasteiger partial charge in [-0.15, -0.1) is 0 Å². The van der Waals surface area contributed by atoms with Gasteiger partial charge in [0, 0.05) is 26.7 Å². The molecule has 1 fully saturated rings. The third-order valence-electron chi connectivity index (χ3n) is 4.51. The van der Waals surface area contributed by atoms with Crippen molar-refractivity contribution in [1.82, 2.24) is 15.5 Å². The highest BCUT2D eigenvalue weighted by atomic mass is 19.1. The van der Waals surface area contributed by atoms with Gasteiger partial charge in [0.05, 0.1) is 0 Å². The largest absolute Gasteiger partial charge is 0.356 e. The van der Waals surface area contributed by atoms with E-state index in [0.717, 1.165) is 25.0 Å². The minimum Gasteiger partial charge on any atom is -0.356 e. The number of benzene rings is 1. The first-order chi connectivity index (χ1) is 12.5. The van der Waals surface area contributed by atoms with Crippen LogP contribution >= 0.6 is 0 Å². The summed E-state index contributed by atoms with van der Waals surface area (Å²) < 4.78 is 27.0. The number of amides is 1. The minimum atomic E-state index is -0.452. The molecule has 7 heteroatoms. The summed E-state index contributed by atoms with van der Waals surface area (Å²) in [5.41, 5.74) is 0.318. The molecule has 0 bridgehead atoms. The van der Waals surface area contributed by atoms with Crippen molar-refractivity contribution < 1.29 is 13.6 Å². The van der Waals surface area contributed by atoms with E-state index in [-0.39, 0.29) is 12.5 Å². The summed E-state index contributed by atoms with van der Waals surface area (Å²) in [5, 5.41) is 6.50. The van der Waals surface area contributed by atoms with Crippen LogP contribution in [0.5, 0.6) is 0 Å². The first-order valence-electron chi connectivity index (χ1n) is 9.14. The minimum absolute atomic E-state index is 0.0450. The smallest absolute Gasteiger partial charge is 0.243 e. The maximum Gasteiger partial charge on any atom is 0.243 e. The first-order valence-corrected chi connectivity index (χ1v) is 9.14. The summed E-state index contributed by atoms with van der Waals surface area (Å²) in [7, 11) is 3.37. The average Bonchev–Trinajstić information content (AvgIpc) is 2.62. The topological polar surface area (TPSA) is 56.7 Å². The Labute approximate surface area is 153 Å². The first kappa shape index (κ1) is 20.1. The maximum absolute atomic E-state index is 13.7. The second-order valence-corrected chi connectivity index (χ2v) is 6.84. The number of nitrogens with one attached hydrogen (secondary N) is 2. The van der Waals surface area contributed by atoms with Crippen molar-refractivity contribution in [2.45, 2.75) is 44.6 Å². The quantitative estimate of drug-likeness (QED) is 0.601. The van der Waals surface area contributed by atoms with Gasteiger partial charge in [0.15, 0.2) is 5.96 Å². The summed E-state index contributed by atoms with van der Waals surface area (Å²) >= 11 is 0. The van der Waals surface area contributed by atoms with E-state index < -0.39 is 11.6 Å². The molecule has 1 saturated carbocycles. The number of likely N-dealkylation sites (N-methyl/N-ethyl adjacent to an activating group) is 1. The molecule has 2 N–H and O–H groups in total. The molecule has 1 aliphatic carbocycles. The van der Waals surface area contributed by atoms with Gasteiger partial charge < -0.3 is 15.5 Å². The van der Waals surface area contributed by atoms with Crippen molar-refractivity contribution in [2.24, 2.45) is 4.99 Å². The van der Waals surface area contributed by atoms with Crippen LogP contribution in [0, 0.1) is 11.6 Å². The van der Waals surface area contributed by atoms with Gasteiger partial charge in [-0.3, -0.25) is 4.79 Å². The number of carbonyl (C=O) groups excluding carboxylic acids is 1. The van der Waals surface area contributed by atoms with Crippen LogP contribution in [0.1, 0.15) is 37.7 Å². The molecular formula is C19H28F2N4O. The number of rotatable bonds is 6. The molecule has 0 heterocycles. The van der Waals surface area contributed by atoms with Crippen LogP contribution in [0.4, 0.5) is 8.78 Å². The lowest BCUT2D eigenvalue weighted by molar-refractivity contribution is -0.127. The molecule has 26 heavy (non-hydrogen) atoms. The van der Waals surface area contributed by atoms with Crippen molar-refractivity contribution in [1.29, 1.82) is 0 Å². The summed E-state index contributed by atoms with van der Waals surface area (Å²) in [5.74, 6) is -0.420. The molecule has 1 aromatic rings. The molecule has 0 aliphatic heterocycles. The van der Waals surface area contributed by atoms with Crippen LogP contribution in [0.2, 0.25) is 0 Å². The fourth-order valence-electron chi connectivity index (χ4n) is 2.93. The maximum atomic E-state index is 13.7. The Bertz CT molecular complexity index is 628. The molecule has 144 valence electrons. The van der Waals surface area contributed by atoms with Crippen LogP contribution in [-0.2, 0) is 11.2 Å². The average molecular weight is 366 g/mol. The molecule has 0 aromatic heterocycles. The van der Waals surface area contributed by atoms with Crippen molar-refractivity contribution in [3.8, 4) is 0 Å². The van der Waals surface area contributed by atoms with Gasteiger partial charge in [-0.25, -0.2) is 13.8 Å². The number of hydrogen-bond donors (Lipinski definition) is 2. The summed E-state index contributed by atoms with van der Waals surface area (Å²) in [6, 6.07) is 3.78. The second kappa shape index (κ2) is 10.1. The number of guanidine groups is 1. The Morgan fingerprint density at radius 2 is 1.96 bits per heavy atom. The van der Waals surface area contributed by atoms with E-state index >= 15 is 0 Å². The van der Waals surface area contributed by atoms with Gasteiger partial charge in [-0.05, 0) is 43.0 Å². The molecule has 5 nitrogen and oxygen atoms in total. The van der Waals surface area contributed by atoms with Crippen LogP contribution in [0.3, 0.4) is 0 Å². The fraction of sp³-hybridized carbons (Fsp3) is 0.579. The van der Waals surface area contributed by atoms with Crippen molar-refractivity contribution in [3.05, 3.63) is 35.4 Å². The van der Waals surface area contributed by atoms with Crippen LogP contribution < -0.4 is 10.6 Å². The molecule has 2 rings (SSSR count). The Kier molecular flexibility index (Phi) is 7.81. The van der Waals surface area contributed by atoms with Gasteiger partial charge in [0.1, 0.15) is 18.2 Å². The van der Waals surface area contributed by atoms with E-state index in [2.05, 4.69) is 15.6 Å². The number of carbonyl (C=O) groups is 1. The predicted octanol–water partition coefficient (Wildman–Crippen LogP) is 2.46. The van der Waals surface area contributed by atoms with Gasteiger partial charge >= 0.3 is 0 Å². The highest BCUT2D eigenvalue weighted by Crippen LogP contribution is 2.17. The molecule has 1 aliphatic rings. The van der Waals surface area contributed by atoms with Gasteiger partial charge in [0.25, 0.3) is 0 Å². The third-order valence-corrected chi connectivity index (χ3v) is 4.51. The van der Waals surface area contributed by atoms with E-state index in [1.807, 2.05) is 0 Å². The predicted molar refractivity (Wildman–Crippen MR) is 99.1 cm³/mol. The molecule has 1 amide bonds. The molecular weight excluding hydrogens is 338 g/mol. The highest BCUT2D eigenvalue weighted by molar-refractivity contribution is 5.84. The number of hydrogen-bond acceptors (Lipinski definition) is 2. The fourth-order valence-corrected chi connectivity index (χ4v) is 2.93. The zero-order valence-electron chi connectivity index (χ0n) is 15.5. The second-order valence-electron chi connectivity index (χ2n) is 6.84. The third kappa shape index (κ3) is 6.61. The van der Waals surface area contributed by atoms with Gasteiger partial charge in [0.2, 0.25) is 5.91 Å².